The molecule has 3 rings (SSSR count). The van der Waals surface area contributed by atoms with Gasteiger partial charge in [0.2, 0.25) is 0 Å². The number of carbonyl (C=O) groups excluding carboxylic acids is 1. The first-order chi connectivity index (χ1) is 11.1. The minimum atomic E-state index is -1.17. The highest BCUT2D eigenvalue weighted by Gasteiger charge is 2.49. The molecule has 0 bridgehead atoms. The van der Waals surface area contributed by atoms with Crippen LogP contribution in [0.25, 0.3) is 0 Å². The quantitative estimate of drug-likeness (QED) is 0.861. The van der Waals surface area contributed by atoms with Crippen LogP contribution in [0, 0.1) is 0 Å². The summed E-state index contributed by atoms with van der Waals surface area (Å²) in [5.41, 5.74) is 2.82. The predicted octanol–water partition coefficient (Wildman–Crippen LogP) is 3.57. The van der Waals surface area contributed by atoms with Crippen molar-refractivity contribution in [2.45, 2.75) is 19.6 Å². The Morgan fingerprint density at radius 3 is 2.35 bits per heavy atom. The lowest BCUT2D eigenvalue weighted by atomic mass is 9.98. The summed E-state index contributed by atoms with van der Waals surface area (Å²) in [6.45, 7) is 0.410. The fourth-order valence-corrected chi connectivity index (χ4v) is 2.88. The third-order valence-electron chi connectivity index (χ3n) is 4.24. The van der Waals surface area contributed by atoms with Crippen molar-refractivity contribution in [1.82, 2.24) is 0 Å². The maximum atomic E-state index is 12.5. The van der Waals surface area contributed by atoms with Gasteiger partial charge in [-0.05, 0) is 11.1 Å². The molecule has 0 saturated carbocycles. The van der Waals surface area contributed by atoms with Crippen LogP contribution in [0.3, 0.4) is 0 Å². The molecule has 1 aliphatic heterocycles. The number of carbonyl (C=O) groups is 2. The van der Waals surface area contributed by atoms with Gasteiger partial charge in [-0.1, -0.05) is 54.6 Å². The Hall–Kier alpha value is -2.66. The van der Waals surface area contributed by atoms with E-state index >= 15 is 0 Å². The normalized spacial score (nSPS) is 19.7. The zero-order valence-corrected chi connectivity index (χ0v) is 12.6. The Balaban J connectivity index is 1.79. The Bertz CT molecular complexity index is 729. The van der Waals surface area contributed by atoms with Crippen molar-refractivity contribution in [1.29, 1.82) is 0 Å². The second-order valence-electron chi connectivity index (χ2n) is 5.69. The van der Waals surface area contributed by atoms with Crippen LogP contribution >= 0.6 is 0 Å². The van der Waals surface area contributed by atoms with Gasteiger partial charge in [0.25, 0.3) is 0 Å². The summed E-state index contributed by atoms with van der Waals surface area (Å²) in [6, 6.07) is 16.9. The molecule has 0 aromatic heterocycles. The first-order valence-corrected chi connectivity index (χ1v) is 7.50. The number of rotatable bonds is 2. The van der Waals surface area contributed by atoms with E-state index in [2.05, 4.69) is 0 Å². The molecule has 0 unspecified atom stereocenters. The summed E-state index contributed by atoms with van der Waals surface area (Å²) in [7, 11) is 0. The van der Waals surface area contributed by atoms with Crippen LogP contribution < -0.4 is 0 Å². The highest BCUT2D eigenvalue weighted by molar-refractivity contribution is 5.75. The van der Waals surface area contributed by atoms with Gasteiger partial charge in [0.05, 0.1) is 0 Å². The zero-order valence-electron chi connectivity index (χ0n) is 12.6. The van der Waals surface area contributed by atoms with Gasteiger partial charge < -0.3 is 9.84 Å². The average Bonchev–Trinajstić information content (AvgIpc) is 2.59. The minimum absolute atomic E-state index is 0.0780. The summed E-state index contributed by atoms with van der Waals surface area (Å²) >= 11 is 0. The first kappa shape index (κ1) is 15.2. The standard InChI is InChI=1S/C18H17NO4/c20-17(21)19(11-10-15-8-4-5-9-16(15)12-19)18(22)23-13-14-6-2-1-3-7-14/h1-9H,10-13H2/p+1/t19-/m0/s1. The molecule has 2 amide bonds. The van der Waals surface area contributed by atoms with Gasteiger partial charge in [0.15, 0.2) is 0 Å². The second kappa shape index (κ2) is 6.22. The third kappa shape index (κ3) is 2.96. The number of fused-ring (bicyclic) bond motifs is 1. The van der Waals surface area contributed by atoms with Gasteiger partial charge in [0.1, 0.15) is 19.7 Å². The first-order valence-electron chi connectivity index (χ1n) is 7.50. The lowest BCUT2D eigenvalue weighted by molar-refractivity contribution is -0.801. The molecule has 1 aliphatic rings. The van der Waals surface area contributed by atoms with Crippen LogP contribution in [0.1, 0.15) is 16.7 Å². The fourth-order valence-electron chi connectivity index (χ4n) is 2.88. The van der Waals surface area contributed by atoms with E-state index in [9.17, 15) is 14.7 Å². The van der Waals surface area contributed by atoms with Crippen molar-refractivity contribution in [3.05, 3.63) is 71.3 Å². The van der Waals surface area contributed by atoms with E-state index in [0.29, 0.717) is 6.42 Å². The molecular weight excluding hydrogens is 294 g/mol. The highest BCUT2D eigenvalue weighted by Crippen LogP contribution is 2.27. The molecule has 1 N–H and O–H groups in total. The molecule has 1 heterocycles. The Morgan fingerprint density at radius 1 is 1.00 bits per heavy atom. The van der Waals surface area contributed by atoms with E-state index in [1.807, 2.05) is 54.6 Å². The smallest absolute Gasteiger partial charge is 0.435 e. The number of imide groups is 1. The second-order valence-corrected chi connectivity index (χ2v) is 5.69. The fraction of sp³-hybridized carbons (Fsp3) is 0.222. The van der Waals surface area contributed by atoms with E-state index < -0.39 is 16.7 Å². The minimum Gasteiger partial charge on any atom is -0.435 e. The van der Waals surface area contributed by atoms with E-state index in [1.54, 1.807) is 0 Å². The van der Waals surface area contributed by atoms with Gasteiger partial charge in [-0.3, -0.25) is 0 Å². The van der Waals surface area contributed by atoms with Gasteiger partial charge in [-0.25, -0.2) is 0 Å². The number of quaternary nitrogens is 1. The number of hydrogen-bond acceptors (Lipinski definition) is 3. The van der Waals surface area contributed by atoms with Gasteiger partial charge in [-0.2, -0.15) is 9.59 Å². The number of ether oxygens (including phenoxy) is 1. The van der Waals surface area contributed by atoms with Crippen LogP contribution in [-0.2, 0) is 24.3 Å². The molecule has 23 heavy (non-hydrogen) atoms. The summed E-state index contributed by atoms with van der Waals surface area (Å²) in [4.78, 5) is 24.3. The van der Waals surface area contributed by atoms with Crippen molar-refractivity contribution < 1.29 is 23.9 Å². The molecule has 5 heteroatoms. The number of benzene rings is 2. The van der Waals surface area contributed by atoms with Gasteiger partial charge in [0, 0.05) is 12.0 Å². The molecule has 0 aliphatic carbocycles. The largest absolute Gasteiger partial charge is 0.527 e. The van der Waals surface area contributed by atoms with Crippen molar-refractivity contribution in [2.75, 3.05) is 6.54 Å². The lowest BCUT2D eigenvalue weighted by Gasteiger charge is -2.32. The van der Waals surface area contributed by atoms with Crippen molar-refractivity contribution in [3.8, 4) is 0 Å². The summed E-state index contributed by atoms with van der Waals surface area (Å²) in [5, 5.41) is 9.65. The number of carboxylic acid groups (broad SMARTS) is 1. The lowest BCUT2D eigenvalue weighted by Crippen LogP contribution is -2.58. The predicted molar refractivity (Wildman–Crippen MR) is 83.6 cm³/mol. The van der Waals surface area contributed by atoms with Crippen LogP contribution in [0.5, 0.6) is 0 Å². The van der Waals surface area contributed by atoms with Crippen LogP contribution in [0.15, 0.2) is 54.6 Å². The van der Waals surface area contributed by atoms with Crippen molar-refractivity contribution >= 4 is 12.2 Å². The molecule has 2 aromatic rings. The molecule has 1 atom stereocenters. The molecule has 0 spiro atoms. The SMILES string of the molecule is O=C(O)[N@+]1(C(=O)OCc2ccccc2)CCc2ccccc2C1. The maximum Gasteiger partial charge on any atom is 0.527 e. The summed E-state index contributed by atoms with van der Waals surface area (Å²) in [5.74, 6) is 0. The number of nitrogens with zero attached hydrogens (tertiary/aromatic N) is 1. The number of hydrogen-bond donors (Lipinski definition) is 1. The van der Waals surface area contributed by atoms with E-state index in [0.717, 1.165) is 16.7 Å². The molecule has 2 aromatic carbocycles. The van der Waals surface area contributed by atoms with E-state index in [4.69, 9.17) is 4.74 Å². The van der Waals surface area contributed by atoms with Crippen molar-refractivity contribution in [2.24, 2.45) is 0 Å². The highest BCUT2D eigenvalue weighted by atomic mass is 16.6. The van der Waals surface area contributed by atoms with E-state index in [1.165, 1.54) is 0 Å². The molecule has 0 saturated heterocycles. The number of amides is 2. The Morgan fingerprint density at radius 2 is 1.65 bits per heavy atom. The third-order valence-corrected chi connectivity index (χ3v) is 4.24. The van der Waals surface area contributed by atoms with E-state index in [-0.39, 0.29) is 19.7 Å². The average molecular weight is 312 g/mol. The van der Waals surface area contributed by atoms with Crippen LogP contribution in [0.2, 0.25) is 0 Å². The molecular formula is C18H18NO4+. The molecule has 0 fully saturated rings. The molecule has 0 radical (unpaired) electrons. The van der Waals surface area contributed by atoms with Crippen LogP contribution in [0.4, 0.5) is 9.59 Å². The Kier molecular flexibility index (Phi) is 4.12. The van der Waals surface area contributed by atoms with Gasteiger partial charge >= 0.3 is 12.2 Å². The zero-order chi connectivity index (χ0) is 16.3. The monoisotopic (exact) mass is 312 g/mol. The molecule has 118 valence electrons. The summed E-state index contributed by atoms with van der Waals surface area (Å²) < 4.78 is 4.60. The Labute approximate surface area is 134 Å². The summed E-state index contributed by atoms with van der Waals surface area (Å²) in [6.07, 6.45) is -1.34. The van der Waals surface area contributed by atoms with Crippen molar-refractivity contribution in [3.63, 3.8) is 0 Å². The van der Waals surface area contributed by atoms with Crippen LogP contribution in [-0.4, -0.2) is 28.3 Å². The van der Waals surface area contributed by atoms with Gasteiger partial charge in [-0.15, -0.1) is 4.48 Å². The topological polar surface area (TPSA) is 63.6 Å². The molecule has 5 nitrogen and oxygen atoms in total. The maximum absolute atomic E-state index is 12.5.